The van der Waals surface area contributed by atoms with Crippen LogP contribution in [0.3, 0.4) is 0 Å². The molecule has 6 radical (unpaired) electrons. The van der Waals surface area contributed by atoms with Crippen LogP contribution < -0.4 is 0 Å². The number of hydrogen-bond acceptors (Lipinski definition) is 2. The Labute approximate surface area is 72.5 Å². The van der Waals surface area contributed by atoms with Gasteiger partial charge in [0.25, 0.3) is 0 Å². The highest BCUT2D eigenvalue weighted by Crippen LogP contribution is 2.32. The van der Waals surface area contributed by atoms with Crippen LogP contribution in [0.4, 0.5) is 0 Å². The molecule has 10 heavy (non-hydrogen) atoms. The molecule has 0 aliphatic carbocycles. The lowest BCUT2D eigenvalue weighted by molar-refractivity contribution is 0.132. The van der Waals surface area contributed by atoms with Crippen molar-refractivity contribution in [3.8, 4) is 0 Å². The molecule has 0 N–H and O–H groups in total. The second kappa shape index (κ2) is 2.28. The molecule has 0 aromatic carbocycles. The molecule has 0 amide bonds. The lowest BCUT2D eigenvalue weighted by Gasteiger charge is -2.25. The van der Waals surface area contributed by atoms with E-state index in [1.807, 2.05) is 0 Å². The van der Waals surface area contributed by atoms with Crippen LogP contribution in [0.5, 0.6) is 0 Å². The summed E-state index contributed by atoms with van der Waals surface area (Å²) in [5.41, 5.74) is 0. The Morgan fingerprint density at radius 1 is 1.50 bits per heavy atom. The van der Waals surface area contributed by atoms with Crippen LogP contribution in [-0.4, -0.2) is 37.5 Å². The third-order valence-corrected chi connectivity index (χ3v) is 2.94. The first-order valence-electron chi connectivity index (χ1n) is 2.70. The van der Waals surface area contributed by atoms with Crippen molar-refractivity contribution in [3.63, 3.8) is 0 Å². The lowest BCUT2D eigenvalue weighted by atomic mass is 10.2. The van der Waals surface area contributed by atoms with E-state index in [2.05, 4.69) is 27.4 Å². The molecule has 50 valence electrons. The van der Waals surface area contributed by atoms with Crippen LogP contribution in [0.25, 0.3) is 0 Å². The largest absolute Gasteiger partial charge is 0.575 e. The van der Waals surface area contributed by atoms with Crippen molar-refractivity contribution in [2.45, 2.75) is 17.4 Å². The van der Waals surface area contributed by atoms with Crippen molar-refractivity contribution in [2.24, 2.45) is 0 Å². The van der Waals surface area contributed by atoms with Gasteiger partial charge in [-0.05, 0) is 6.92 Å². The van der Waals surface area contributed by atoms with E-state index in [4.69, 9.17) is 20.8 Å². The fourth-order valence-electron chi connectivity index (χ4n) is 0.575. The molecule has 0 saturated carbocycles. The second-order valence-corrected chi connectivity index (χ2v) is 4.49. The van der Waals surface area contributed by atoms with Crippen LogP contribution in [0.15, 0.2) is 0 Å². The summed E-state index contributed by atoms with van der Waals surface area (Å²) in [4.78, 5) is 0. The van der Waals surface area contributed by atoms with Crippen LogP contribution in [0.1, 0.15) is 6.92 Å². The molecule has 1 saturated heterocycles. The molecular formula is C4H5BClO2Si2+. The lowest BCUT2D eigenvalue weighted by Crippen LogP contribution is -2.48. The van der Waals surface area contributed by atoms with Gasteiger partial charge >= 0.3 is 6.53 Å². The maximum Gasteiger partial charge on any atom is 0.575 e. The minimum absolute atomic E-state index is 0.684. The Bertz CT molecular complexity index is 136. The molecule has 1 fully saturated rings. The van der Waals surface area contributed by atoms with Crippen LogP contribution in [-0.2, 0) is 9.31 Å². The van der Waals surface area contributed by atoms with Crippen molar-refractivity contribution in [1.29, 1.82) is 0 Å². The molecule has 2 nitrogen and oxygen atoms in total. The predicted octanol–water partition coefficient (Wildman–Crippen LogP) is -0.160. The minimum Gasteiger partial charge on any atom is -0.389 e. The zero-order valence-corrected chi connectivity index (χ0v) is 8.23. The normalized spacial score (nSPS) is 48.2. The zero-order valence-electron chi connectivity index (χ0n) is 5.48. The maximum atomic E-state index is 5.53. The third-order valence-electron chi connectivity index (χ3n) is 1.39. The van der Waals surface area contributed by atoms with Crippen molar-refractivity contribution >= 4 is 38.5 Å². The van der Waals surface area contributed by atoms with Gasteiger partial charge < -0.3 is 9.31 Å². The minimum atomic E-state index is -0.823. The molecule has 1 aliphatic heterocycles. The Morgan fingerprint density at radius 2 is 2.00 bits per heavy atom. The fourth-order valence-corrected chi connectivity index (χ4v) is 1.39. The highest BCUT2D eigenvalue weighted by atomic mass is 35.5. The van der Waals surface area contributed by atoms with E-state index in [0.717, 1.165) is 0 Å². The molecule has 1 aliphatic rings. The van der Waals surface area contributed by atoms with Gasteiger partial charge in [0.1, 0.15) is 10.2 Å². The quantitative estimate of drug-likeness (QED) is 0.388. The SMILES string of the molecule is [CH2+][C@@]1([Si])OB(Cl)O[C@]1(C)[Si]. The van der Waals surface area contributed by atoms with Crippen molar-refractivity contribution in [3.05, 3.63) is 6.92 Å². The summed E-state index contributed by atoms with van der Waals surface area (Å²) in [5.74, 6) is 0. The van der Waals surface area contributed by atoms with E-state index in [1.54, 1.807) is 6.92 Å². The monoisotopic (exact) mass is 187 g/mol. The Balaban J connectivity index is 2.78. The van der Waals surface area contributed by atoms with E-state index in [0.29, 0.717) is 0 Å². The van der Waals surface area contributed by atoms with E-state index >= 15 is 0 Å². The summed E-state index contributed by atoms with van der Waals surface area (Å²) in [6, 6.07) is 0. The average Bonchev–Trinajstić information content (AvgIpc) is 1.73. The second-order valence-electron chi connectivity index (χ2n) is 2.37. The molecular weight excluding hydrogens is 182 g/mol. The molecule has 0 aromatic heterocycles. The van der Waals surface area contributed by atoms with Crippen molar-refractivity contribution in [1.82, 2.24) is 0 Å². The van der Waals surface area contributed by atoms with Crippen LogP contribution in [0, 0.1) is 6.92 Å². The van der Waals surface area contributed by atoms with Crippen LogP contribution >= 0.6 is 11.5 Å². The molecule has 1 rings (SSSR count). The molecule has 6 heteroatoms. The first-order chi connectivity index (χ1) is 4.35. The smallest absolute Gasteiger partial charge is 0.389 e. The fraction of sp³-hybridized carbons (Fsp3) is 0.750. The molecule has 0 bridgehead atoms. The Kier molecular flexibility index (Phi) is 1.98. The summed E-state index contributed by atoms with van der Waals surface area (Å²) in [6.07, 6.45) is 0. The first-order valence-corrected chi connectivity index (χ1v) is 4.14. The number of hydrogen-bond donors (Lipinski definition) is 0. The number of halogens is 1. The van der Waals surface area contributed by atoms with Crippen molar-refractivity contribution < 1.29 is 9.31 Å². The van der Waals surface area contributed by atoms with Crippen molar-refractivity contribution in [2.75, 3.05) is 0 Å². The van der Waals surface area contributed by atoms with E-state index in [-0.39, 0.29) is 0 Å². The molecule has 0 spiro atoms. The average molecular weight is 188 g/mol. The van der Waals surface area contributed by atoms with E-state index < -0.39 is 17.0 Å². The highest BCUT2D eigenvalue weighted by molar-refractivity contribution is 7.00. The van der Waals surface area contributed by atoms with Gasteiger partial charge in [-0.3, -0.25) is 0 Å². The van der Waals surface area contributed by atoms with Gasteiger partial charge in [0, 0.05) is 0 Å². The Morgan fingerprint density at radius 3 is 2.10 bits per heavy atom. The van der Waals surface area contributed by atoms with Gasteiger partial charge in [0.2, 0.25) is 0 Å². The molecule has 2 atom stereocenters. The van der Waals surface area contributed by atoms with Gasteiger partial charge in [-0.25, -0.2) is 0 Å². The predicted molar refractivity (Wildman–Crippen MR) is 41.8 cm³/mol. The number of rotatable bonds is 0. The van der Waals surface area contributed by atoms with Gasteiger partial charge in [0.05, 0.1) is 22.4 Å². The molecule has 0 unspecified atom stereocenters. The van der Waals surface area contributed by atoms with Gasteiger partial charge in [0.15, 0.2) is 5.22 Å². The van der Waals surface area contributed by atoms with Gasteiger partial charge in [-0.1, -0.05) is 0 Å². The summed E-state index contributed by atoms with van der Waals surface area (Å²) >= 11 is 5.53. The van der Waals surface area contributed by atoms with Gasteiger partial charge in [-0.15, -0.1) is 11.5 Å². The topological polar surface area (TPSA) is 18.5 Å². The summed E-state index contributed by atoms with van der Waals surface area (Å²) in [5, 5.41) is -1.51. The first kappa shape index (κ1) is 8.67. The third kappa shape index (κ3) is 1.29. The zero-order chi connectivity index (χ0) is 7.99. The van der Waals surface area contributed by atoms with Crippen LogP contribution in [0.2, 0.25) is 0 Å². The summed E-state index contributed by atoms with van der Waals surface area (Å²) in [7, 11) is 6.58. The molecule has 1 heterocycles. The summed E-state index contributed by atoms with van der Waals surface area (Å²) < 4.78 is 10.2. The molecule has 0 aromatic rings. The maximum absolute atomic E-state index is 5.53. The van der Waals surface area contributed by atoms with E-state index in [9.17, 15) is 0 Å². The standard InChI is InChI=1S/C4H5BClO2Si2/c1-3(9)4(2,10)8-5(6)7-3/h1H2,2H3/q+1/t3-,4+/m0/s1. The summed E-state index contributed by atoms with van der Waals surface area (Å²) in [6.45, 7) is 4.72. The Hall–Kier alpha value is 0.579. The highest BCUT2D eigenvalue weighted by Gasteiger charge is 2.55. The van der Waals surface area contributed by atoms with E-state index in [1.165, 1.54) is 0 Å². The van der Waals surface area contributed by atoms with Gasteiger partial charge in [-0.2, -0.15) is 0 Å².